The molecule has 0 bridgehead atoms. The zero-order chi connectivity index (χ0) is 26.7. The number of rotatable bonds is 7. The maximum Gasteiger partial charge on any atom is 0.407 e. The highest BCUT2D eigenvalue weighted by Gasteiger charge is 2.34. The van der Waals surface area contributed by atoms with Gasteiger partial charge < -0.3 is 24.8 Å². The number of benzene rings is 3. The molecule has 0 fully saturated rings. The first-order chi connectivity index (χ1) is 18.4. The van der Waals surface area contributed by atoms with E-state index in [-0.39, 0.29) is 18.2 Å². The summed E-state index contributed by atoms with van der Waals surface area (Å²) in [6, 6.07) is 20.0. The molecule has 2 aliphatic heterocycles. The smallest absolute Gasteiger partial charge is 0.407 e. The molecule has 0 aromatic heterocycles. The maximum absolute atomic E-state index is 12.1. The molecule has 38 heavy (non-hydrogen) atoms. The second kappa shape index (κ2) is 10.7. The van der Waals surface area contributed by atoms with Crippen LogP contribution < -0.4 is 20.1 Å². The van der Waals surface area contributed by atoms with E-state index in [9.17, 15) is 4.79 Å². The summed E-state index contributed by atoms with van der Waals surface area (Å²) in [4.78, 5) is 12.1. The molecule has 1 amide bonds. The van der Waals surface area contributed by atoms with Crippen LogP contribution in [0.1, 0.15) is 50.0 Å². The van der Waals surface area contributed by atoms with Gasteiger partial charge in [-0.15, -0.1) is 0 Å². The first kappa shape index (κ1) is 25.5. The van der Waals surface area contributed by atoms with Crippen LogP contribution in [0.5, 0.6) is 11.5 Å². The topological polar surface area (TPSA) is 68.8 Å². The van der Waals surface area contributed by atoms with Crippen molar-refractivity contribution in [3.05, 3.63) is 95.6 Å². The average Bonchev–Trinajstić information content (AvgIpc) is 2.90. The Bertz CT molecular complexity index is 1390. The van der Waals surface area contributed by atoms with Gasteiger partial charge in [0.2, 0.25) is 0 Å². The van der Waals surface area contributed by atoms with Crippen LogP contribution in [0.15, 0.2) is 78.9 Å². The molecule has 6 heteroatoms. The quantitative estimate of drug-likeness (QED) is 0.327. The molecule has 3 aromatic rings. The molecule has 5 rings (SSSR count). The van der Waals surface area contributed by atoms with Gasteiger partial charge in [0.15, 0.2) is 0 Å². The molecule has 6 nitrogen and oxygen atoms in total. The van der Waals surface area contributed by atoms with Gasteiger partial charge >= 0.3 is 6.09 Å². The number of alkyl carbamates (subject to hydrolysis) is 1. The summed E-state index contributed by atoms with van der Waals surface area (Å²) in [7, 11) is 1.69. The van der Waals surface area contributed by atoms with E-state index < -0.39 is 6.09 Å². The minimum Gasteiger partial charge on any atom is -0.496 e. The van der Waals surface area contributed by atoms with Crippen LogP contribution >= 0.6 is 0 Å². The van der Waals surface area contributed by atoms with E-state index in [0.717, 1.165) is 39.4 Å². The second-order valence-corrected chi connectivity index (χ2v) is 10.2. The predicted octanol–water partition coefficient (Wildman–Crippen LogP) is 7.28. The Kier molecular flexibility index (Phi) is 7.14. The summed E-state index contributed by atoms with van der Waals surface area (Å²) in [5.41, 5.74) is 7.62. The van der Waals surface area contributed by atoms with Crippen LogP contribution in [0.3, 0.4) is 0 Å². The van der Waals surface area contributed by atoms with Crippen molar-refractivity contribution in [2.45, 2.75) is 45.4 Å². The van der Waals surface area contributed by atoms with E-state index in [1.807, 2.05) is 60.7 Å². The van der Waals surface area contributed by atoms with Gasteiger partial charge in [0, 0.05) is 29.8 Å². The van der Waals surface area contributed by atoms with Gasteiger partial charge in [-0.1, -0.05) is 60.7 Å². The van der Waals surface area contributed by atoms with Crippen LogP contribution in [-0.4, -0.2) is 25.3 Å². The Balaban J connectivity index is 1.34. The zero-order valence-electron chi connectivity index (χ0n) is 22.3. The van der Waals surface area contributed by atoms with Crippen LogP contribution in [0, 0.1) is 0 Å². The van der Waals surface area contributed by atoms with E-state index in [2.05, 4.69) is 49.6 Å². The number of amides is 1. The largest absolute Gasteiger partial charge is 0.496 e. The Hall–Kier alpha value is -4.19. The lowest BCUT2D eigenvalue weighted by Gasteiger charge is -2.37. The van der Waals surface area contributed by atoms with E-state index >= 15 is 0 Å². The van der Waals surface area contributed by atoms with Crippen molar-refractivity contribution in [1.82, 2.24) is 5.32 Å². The number of allylic oxidation sites excluding steroid dienone is 1. The first-order valence-corrected chi connectivity index (χ1v) is 12.9. The lowest BCUT2D eigenvalue weighted by molar-refractivity contribution is 0.157. The van der Waals surface area contributed by atoms with Gasteiger partial charge in [0.05, 0.1) is 18.2 Å². The summed E-state index contributed by atoms with van der Waals surface area (Å²) in [5.74, 6) is 1.59. The highest BCUT2D eigenvalue weighted by molar-refractivity contribution is 5.91. The Morgan fingerprint density at radius 3 is 2.66 bits per heavy atom. The molecule has 1 atom stereocenters. The zero-order valence-corrected chi connectivity index (χ0v) is 22.3. The van der Waals surface area contributed by atoms with Crippen LogP contribution in [0.2, 0.25) is 0 Å². The number of anilines is 1. The SMILES string of the molecule is COc1cccc2c1-c1ccc3c(c1C(C/C=C/COC(=O)NCc1ccccc1)O2)C(C)=CC(C)(C)N3. The molecular weight excluding hydrogens is 476 g/mol. The number of hydrogen-bond acceptors (Lipinski definition) is 5. The van der Waals surface area contributed by atoms with Gasteiger partial charge in [-0.05, 0) is 55.7 Å². The Labute approximate surface area is 224 Å². The third-order valence-electron chi connectivity index (χ3n) is 6.85. The van der Waals surface area contributed by atoms with Crippen molar-refractivity contribution < 1.29 is 19.0 Å². The predicted molar refractivity (Wildman–Crippen MR) is 152 cm³/mol. The van der Waals surface area contributed by atoms with Gasteiger partial charge in [-0.3, -0.25) is 0 Å². The summed E-state index contributed by atoms with van der Waals surface area (Å²) in [5, 5.41) is 6.43. The summed E-state index contributed by atoms with van der Waals surface area (Å²) in [6.07, 6.45) is 6.14. The molecular formula is C32H34N2O4. The minimum atomic E-state index is -0.442. The summed E-state index contributed by atoms with van der Waals surface area (Å²) in [6.45, 7) is 7.12. The first-order valence-electron chi connectivity index (χ1n) is 12.9. The van der Waals surface area contributed by atoms with Crippen LogP contribution in [0.4, 0.5) is 10.5 Å². The van der Waals surface area contributed by atoms with E-state index in [0.29, 0.717) is 13.0 Å². The monoisotopic (exact) mass is 510 g/mol. The minimum absolute atomic E-state index is 0.135. The van der Waals surface area contributed by atoms with Crippen molar-refractivity contribution in [2.75, 3.05) is 19.0 Å². The van der Waals surface area contributed by atoms with E-state index in [4.69, 9.17) is 14.2 Å². The van der Waals surface area contributed by atoms with Crippen molar-refractivity contribution in [1.29, 1.82) is 0 Å². The third-order valence-corrected chi connectivity index (χ3v) is 6.85. The van der Waals surface area contributed by atoms with Crippen LogP contribution in [-0.2, 0) is 11.3 Å². The van der Waals surface area contributed by atoms with Gasteiger partial charge in [0.1, 0.15) is 24.2 Å². The maximum atomic E-state index is 12.1. The average molecular weight is 511 g/mol. The Morgan fingerprint density at radius 1 is 1.05 bits per heavy atom. The Morgan fingerprint density at radius 2 is 1.87 bits per heavy atom. The molecule has 0 radical (unpaired) electrons. The van der Waals surface area contributed by atoms with E-state index in [1.165, 1.54) is 11.1 Å². The number of hydrogen-bond donors (Lipinski definition) is 2. The summed E-state index contributed by atoms with van der Waals surface area (Å²) >= 11 is 0. The van der Waals surface area contributed by atoms with E-state index in [1.54, 1.807) is 7.11 Å². The highest BCUT2D eigenvalue weighted by atomic mass is 16.5. The number of carbonyl (C=O) groups excluding carboxylic acids is 1. The molecule has 2 heterocycles. The van der Waals surface area contributed by atoms with Crippen molar-refractivity contribution >= 4 is 17.4 Å². The van der Waals surface area contributed by atoms with Crippen molar-refractivity contribution in [3.8, 4) is 22.6 Å². The normalized spacial score (nSPS) is 16.7. The van der Waals surface area contributed by atoms with Gasteiger partial charge in [0.25, 0.3) is 0 Å². The molecule has 2 N–H and O–H groups in total. The number of methoxy groups -OCH3 is 1. The van der Waals surface area contributed by atoms with Gasteiger partial charge in [-0.25, -0.2) is 4.79 Å². The third kappa shape index (κ3) is 5.25. The molecule has 0 saturated carbocycles. The fraction of sp³-hybridized carbons (Fsp3) is 0.281. The molecule has 196 valence electrons. The van der Waals surface area contributed by atoms with Crippen LogP contribution in [0.25, 0.3) is 16.7 Å². The number of ether oxygens (including phenoxy) is 3. The lowest BCUT2D eigenvalue weighted by atomic mass is 9.81. The second-order valence-electron chi connectivity index (χ2n) is 10.2. The number of fused-ring (bicyclic) bond motifs is 5. The highest BCUT2D eigenvalue weighted by Crippen LogP contribution is 2.52. The number of nitrogens with one attached hydrogen (secondary N) is 2. The molecule has 0 aliphatic carbocycles. The lowest BCUT2D eigenvalue weighted by Crippen LogP contribution is -2.32. The van der Waals surface area contributed by atoms with Gasteiger partial charge in [-0.2, -0.15) is 0 Å². The fourth-order valence-corrected chi connectivity index (χ4v) is 5.35. The summed E-state index contributed by atoms with van der Waals surface area (Å²) < 4.78 is 17.6. The fourth-order valence-electron chi connectivity index (χ4n) is 5.35. The van der Waals surface area contributed by atoms with Crippen molar-refractivity contribution in [3.63, 3.8) is 0 Å². The molecule has 1 unspecified atom stereocenters. The molecule has 0 spiro atoms. The van der Waals surface area contributed by atoms with Crippen molar-refractivity contribution in [2.24, 2.45) is 0 Å². The molecule has 2 aliphatic rings. The standard InChI is InChI=1S/C32H34N2O4/c1-21-19-32(2,3)34-24-17-16-23-29-25(36-4)14-10-15-26(29)38-27(30(23)28(21)24)13-8-9-18-37-31(35)33-20-22-11-6-5-7-12-22/h5-12,14-17,19,27,34H,13,18,20H2,1-4H3,(H,33,35)/b9-8+. The molecule has 0 saturated heterocycles. The molecule has 3 aromatic carbocycles. The number of carbonyl (C=O) groups is 1.